The number of nitrogens with zero attached hydrogens (tertiary/aromatic N) is 2. The van der Waals surface area contributed by atoms with Crippen LogP contribution in [0.15, 0.2) is 34.9 Å². The van der Waals surface area contributed by atoms with Crippen LogP contribution in [0.3, 0.4) is 0 Å². The van der Waals surface area contributed by atoms with Crippen LogP contribution in [0.1, 0.15) is 0 Å². The highest BCUT2D eigenvalue weighted by Gasteiger charge is 2.11. The van der Waals surface area contributed by atoms with Crippen LogP contribution in [0.5, 0.6) is 0 Å². The molecule has 18 heavy (non-hydrogen) atoms. The summed E-state index contributed by atoms with van der Waals surface area (Å²) >= 11 is 3.27. The largest absolute Gasteiger partial charge is 0.336 e. The van der Waals surface area contributed by atoms with E-state index in [1.165, 1.54) is 6.07 Å². The molecule has 1 N–H and O–H groups in total. The van der Waals surface area contributed by atoms with Gasteiger partial charge in [0.05, 0.1) is 5.52 Å². The summed E-state index contributed by atoms with van der Waals surface area (Å²) in [7, 11) is 0. The standard InChI is InChI=1S/C12H6BrF2N3/c13-6-1-2-9(16-5-6)12-17-10-4-7(14)3-8(15)11(10)18-12/h1-5H,(H,17,18). The van der Waals surface area contributed by atoms with Crippen LogP contribution >= 0.6 is 15.9 Å². The highest BCUT2D eigenvalue weighted by Crippen LogP contribution is 2.22. The molecule has 0 aliphatic rings. The van der Waals surface area contributed by atoms with Crippen molar-refractivity contribution in [1.82, 2.24) is 15.0 Å². The second-order valence-corrected chi connectivity index (χ2v) is 4.65. The zero-order chi connectivity index (χ0) is 12.7. The summed E-state index contributed by atoms with van der Waals surface area (Å²) in [4.78, 5) is 11.1. The molecule has 6 heteroatoms. The first kappa shape index (κ1) is 11.3. The average Bonchev–Trinajstić information content (AvgIpc) is 2.74. The van der Waals surface area contributed by atoms with Crippen LogP contribution in [0, 0.1) is 11.6 Å². The van der Waals surface area contributed by atoms with Crippen molar-refractivity contribution < 1.29 is 8.78 Å². The van der Waals surface area contributed by atoms with Gasteiger partial charge < -0.3 is 4.98 Å². The second kappa shape index (κ2) is 4.13. The molecular formula is C12H6BrF2N3. The molecule has 2 aromatic heterocycles. The predicted molar refractivity (Wildman–Crippen MR) is 66.9 cm³/mol. The molecule has 0 aliphatic carbocycles. The van der Waals surface area contributed by atoms with Crippen molar-refractivity contribution in [2.75, 3.05) is 0 Å². The zero-order valence-electron chi connectivity index (χ0n) is 8.92. The number of H-pyrrole nitrogens is 1. The number of imidazole rings is 1. The summed E-state index contributed by atoms with van der Waals surface area (Å²) in [6.07, 6.45) is 1.61. The summed E-state index contributed by atoms with van der Waals surface area (Å²) in [5.74, 6) is -0.925. The summed E-state index contributed by atoms with van der Waals surface area (Å²) in [5.41, 5.74) is 0.984. The molecule has 0 aliphatic heterocycles. The molecule has 2 heterocycles. The molecule has 0 saturated carbocycles. The lowest BCUT2D eigenvalue weighted by atomic mass is 10.3. The Morgan fingerprint density at radius 3 is 2.72 bits per heavy atom. The maximum atomic E-state index is 13.5. The SMILES string of the molecule is Fc1cc(F)c2nc(-c3ccc(Br)cn3)[nH]c2c1. The maximum Gasteiger partial charge on any atom is 0.157 e. The van der Waals surface area contributed by atoms with Crippen molar-refractivity contribution in [3.8, 4) is 11.5 Å². The molecule has 3 rings (SSSR count). The van der Waals surface area contributed by atoms with E-state index in [0.717, 1.165) is 10.5 Å². The van der Waals surface area contributed by atoms with E-state index in [1.807, 2.05) is 0 Å². The van der Waals surface area contributed by atoms with Gasteiger partial charge in [0.15, 0.2) is 11.6 Å². The number of hydrogen-bond acceptors (Lipinski definition) is 2. The smallest absolute Gasteiger partial charge is 0.157 e. The lowest BCUT2D eigenvalue weighted by Crippen LogP contribution is -1.84. The van der Waals surface area contributed by atoms with Crippen LogP contribution in [-0.2, 0) is 0 Å². The van der Waals surface area contributed by atoms with Gasteiger partial charge in [0.2, 0.25) is 0 Å². The number of aromatic amines is 1. The fourth-order valence-electron chi connectivity index (χ4n) is 1.68. The molecule has 3 nitrogen and oxygen atoms in total. The Morgan fingerprint density at radius 1 is 1.17 bits per heavy atom. The number of halogens is 3. The third-order valence-corrected chi connectivity index (χ3v) is 2.94. The Balaban J connectivity index is 2.19. The minimum Gasteiger partial charge on any atom is -0.336 e. The highest BCUT2D eigenvalue weighted by atomic mass is 79.9. The van der Waals surface area contributed by atoms with E-state index in [1.54, 1.807) is 18.3 Å². The Morgan fingerprint density at radius 2 is 2.00 bits per heavy atom. The number of nitrogens with one attached hydrogen (secondary N) is 1. The number of hydrogen-bond donors (Lipinski definition) is 1. The lowest BCUT2D eigenvalue weighted by Gasteiger charge is -1.94. The van der Waals surface area contributed by atoms with E-state index in [2.05, 4.69) is 30.9 Å². The third-order valence-electron chi connectivity index (χ3n) is 2.47. The maximum absolute atomic E-state index is 13.5. The van der Waals surface area contributed by atoms with Gasteiger partial charge >= 0.3 is 0 Å². The van der Waals surface area contributed by atoms with Gasteiger partial charge in [-0.25, -0.2) is 13.8 Å². The minimum atomic E-state index is -0.690. The molecule has 0 unspecified atom stereocenters. The van der Waals surface area contributed by atoms with Crippen molar-refractivity contribution in [3.63, 3.8) is 0 Å². The van der Waals surface area contributed by atoms with Gasteiger partial charge in [0, 0.05) is 16.7 Å². The van der Waals surface area contributed by atoms with E-state index in [9.17, 15) is 8.78 Å². The predicted octanol–water partition coefficient (Wildman–Crippen LogP) is 3.67. The van der Waals surface area contributed by atoms with Gasteiger partial charge in [0.25, 0.3) is 0 Å². The fraction of sp³-hybridized carbons (Fsp3) is 0. The van der Waals surface area contributed by atoms with Gasteiger partial charge in [0.1, 0.15) is 17.0 Å². The van der Waals surface area contributed by atoms with E-state index in [-0.39, 0.29) is 5.52 Å². The Kier molecular flexibility index (Phi) is 2.59. The lowest BCUT2D eigenvalue weighted by molar-refractivity contribution is 0.591. The Hall–Kier alpha value is -1.82. The Bertz CT molecular complexity index is 722. The molecule has 0 fully saturated rings. The quantitative estimate of drug-likeness (QED) is 0.745. The molecule has 0 atom stereocenters. The van der Waals surface area contributed by atoms with Crippen LogP contribution in [0.4, 0.5) is 8.78 Å². The van der Waals surface area contributed by atoms with Crippen LogP contribution in [0.25, 0.3) is 22.6 Å². The molecule has 90 valence electrons. The van der Waals surface area contributed by atoms with Crippen molar-refractivity contribution in [3.05, 3.63) is 46.6 Å². The average molecular weight is 310 g/mol. The topological polar surface area (TPSA) is 41.6 Å². The van der Waals surface area contributed by atoms with Gasteiger partial charge in [-0.3, -0.25) is 4.98 Å². The molecule has 0 spiro atoms. The number of pyridine rings is 1. The molecule has 3 aromatic rings. The fourth-order valence-corrected chi connectivity index (χ4v) is 1.91. The molecule has 1 aromatic carbocycles. The number of aromatic nitrogens is 3. The highest BCUT2D eigenvalue weighted by molar-refractivity contribution is 9.10. The van der Waals surface area contributed by atoms with E-state index in [0.29, 0.717) is 17.0 Å². The Labute approximate surface area is 109 Å². The van der Waals surface area contributed by atoms with Crippen LogP contribution < -0.4 is 0 Å². The summed E-state index contributed by atoms with van der Waals surface area (Å²) in [6.45, 7) is 0. The first-order chi connectivity index (χ1) is 8.63. The zero-order valence-corrected chi connectivity index (χ0v) is 10.5. The molecule has 0 saturated heterocycles. The van der Waals surface area contributed by atoms with Crippen molar-refractivity contribution in [2.45, 2.75) is 0 Å². The first-order valence-electron chi connectivity index (χ1n) is 5.10. The van der Waals surface area contributed by atoms with E-state index < -0.39 is 11.6 Å². The molecule has 0 amide bonds. The van der Waals surface area contributed by atoms with Gasteiger partial charge in [-0.2, -0.15) is 0 Å². The second-order valence-electron chi connectivity index (χ2n) is 3.73. The van der Waals surface area contributed by atoms with Crippen LogP contribution in [-0.4, -0.2) is 15.0 Å². The normalized spacial score (nSPS) is 11.1. The minimum absolute atomic E-state index is 0.108. The molecule has 0 bridgehead atoms. The summed E-state index contributed by atoms with van der Waals surface area (Å²) < 4.78 is 27.4. The van der Waals surface area contributed by atoms with Crippen molar-refractivity contribution in [2.24, 2.45) is 0 Å². The first-order valence-corrected chi connectivity index (χ1v) is 5.89. The molecular weight excluding hydrogens is 304 g/mol. The monoisotopic (exact) mass is 309 g/mol. The third kappa shape index (κ3) is 1.88. The molecule has 0 radical (unpaired) electrons. The summed E-state index contributed by atoms with van der Waals surface area (Å²) in [5, 5.41) is 0. The van der Waals surface area contributed by atoms with E-state index >= 15 is 0 Å². The van der Waals surface area contributed by atoms with Crippen molar-refractivity contribution >= 4 is 27.0 Å². The van der Waals surface area contributed by atoms with Gasteiger partial charge in [-0.15, -0.1) is 0 Å². The van der Waals surface area contributed by atoms with Crippen molar-refractivity contribution in [1.29, 1.82) is 0 Å². The van der Waals surface area contributed by atoms with Gasteiger partial charge in [-0.1, -0.05) is 0 Å². The van der Waals surface area contributed by atoms with E-state index in [4.69, 9.17) is 0 Å². The van der Waals surface area contributed by atoms with Crippen LogP contribution in [0.2, 0.25) is 0 Å². The number of rotatable bonds is 1. The van der Waals surface area contributed by atoms with Gasteiger partial charge in [-0.05, 0) is 34.1 Å². The number of benzene rings is 1. The summed E-state index contributed by atoms with van der Waals surface area (Å²) in [6, 6.07) is 5.54. The number of fused-ring (bicyclic) bond motifs is 1.